The van der Waals surface area contributed by atoms with Crippen molar-refractivity contribution in [2.75, 3.05) is 43.9 Å². The van der Waals surface area contributed by atoms with Crippen LogP contribution in [0, 0.1) is 13.8 Å². The van der Waals surface area contributed by atoms with E-state index < -0.39 is 0 Å². The molecule has 2 aromatic carbocycles. The summed E-state index contributed by atoms with van der Waals surface area (Å²) in [5.41, 5.74) is 10.6. The van der Waals surface area contributed by atoms with E-state index in [9.17, 15) is 0 Å². The van der Waals surface area contributed by atoms with E-state index in [1.54, 1.807) is 0 Å². The van der Waals surface area contributed by atoms with Crippen LogP contribution in [0.4, 0.5) is 11.6 Å². The molecule has 0 saturated carbocycles. The SMILES string of the molecule is Cc1cccc(C)c1-c1cnc(N2CCN(C)CC2)c(N)n1.Sc1ccccc1. The fourth-order valence-corrected chi connectivity index (χ4v) is 3.60. The maximum atomic E-state index is 6.20. The van der Waals surface area contributed by atoms with Gasteiger partial charge in [-0.3, -0.25) is 0 Å². The molecule has 152 valence electrons. The molecule has 29 heavy (non-hydrogen) atoms. The summed E-state index contributed by atoms with van der Waals surface area (Å²) in [6, 6.07) is 16.0. The van der Waals surface area contributed by atoms with Gasteiger partial charge in [0.2, 0.25) is 0 Å². The number of thiol groups is 1. The molecule has 3 aromatic rings. The zero-order valence-corrected chi connectivity index (χ0v) is 18.2. The molecule has 5 nitrogen and oxygen atoms in total. The van der Waals surface area contributed by atoms with Gasteiger partial charge in [-0.15, -0.1) is 12.6 Å². The summed E-state index contributed by atoms with van der Waals surface area (Å²) < 4.78 is 0. The number of hydrogen-bond acceptors (Lipinski definition) is 6. The van der Waals surface area contributed by atoms with E-state index in [0.29, 0.717) is 5.82 Å². The van der Waals surface area contributed by atoms with Crippen LogP contribution in [-0.2, 0) is 0 Å². The highest BCUT2D eigenvalue weighted by molar-refractivity contribution is 7.80. The van der Waals surface area contributed by atoms with Crippen LogP contribution in [0.3, 0.4) is 0 Å². The molecule has 1 saturated heterocycles. The summed E-state index contributed by atoms with van der Waals surface area (Å²) in [7, 11) is 2.14. The van der Waals surface area contributed by atoms with Crippen LogP contribution in [0.1, 0.15) is 11.1 Å². The van der Waals surface area contributed by atoms with Gasteiger partial charge in [-0.2, -0.15) is 0 Å². The van der Waals surface area contributed by atoms with Gasteiger partial charge in [0.05, 0.1) is 11.9 Å². The molecular weight excluding hydrogens is 378 g/mol. The first kappa shape index (κ1) is 21.1. The molecule has 0 radical (unpaired) electrons. The molecule has 1 aliphatic heterocycles. The third kappa shape index (κ3) is 5.49. The predicted octanol–water partition coefficient (Wildman–Crippen LogP) is 4.07. The van der Waals surface area contributed by atoms with E-state index >= 15 is 0 Å². The number of hydrogen-bond donors (Lipinski definition) is 2. The Bertz CT molecular complexity index is 917. The largest absolute Gasteiger partial charge is 0.381 e. The lowest BCUT2D eigenvalue weighted by atomic mass is 10.0. The van der Waals surface area contributed by atoms with Crippen LogP contribution in [0.15, 0.2) is 59.6 Å². The zero-order chi connectivity index (χ0) is 20.8. The number of rotatable bonds is 2. The van der Waals surface area contributed by atoms with Gasteiger partial charge in [0.25, 0.3) is 0 Å². The Morgan fingerprint density at radius 3 is 2.03 bits per heavy atom. The molecule has 6 heteroatoms. The Morgan fingerprint density at radius 2 is 1.52 bits per heavy atom. The first-order chi connectivity index (χ1) is 14.0. The number of nitrogens with two attached hydrogens (primary N) is 1. The summed E-state index contributed by atoms with van der Waals surface area (Å²) in [6.07, 6.45) is 1.85. The molecule has 4 rings (SSSR count). The molecular formula is C23H29N5S. The van der Waals surface area contributed by atoms with Crippen molar-refractivity contribution in [2.45, 2.75) is 18.7 Å². The van der Waals surface area contributed by atoms with Crippen LogP contribution in [-0.4, -0.2) is 48.1 Å². The molecule has 0 unspecified atom stereocenters. The van der Waals surface area contributed by atoms with Crippen molar-refractivity contribution in [3.63, 3.8) is 0 Å². The second-order valence-electron chi connectivity index (χ2n) is 7.36. The predicted molar refractivity (Wildman–Crippen MR) is 125 cm³/mol. The van der Waals surface area contributed by atoms with E-state index in [1.165, 1.54) is 11.1 Å². The summed E-state index contributed by atoms with van der Waals surface area (Å²) in [6.45, 7) is 8.12. The number of aryl methyl sites for hydroxylation is 2. The number of likely N-dealkylation sites (N-methyl/N-ethyl adjacent to an activating group) is 1. The van der Waals surface area contributed by atoms with Gasteiger partial charge >= 0.3 is 0 Å². The van der Waals surface area contributed by atoms with Gasteiger partial charge in [0, 0.05) is 36.6 Å². The lowest BCUT2D eigenvalue weighted by Gasteiger charge is -2.33. The molecule has 2 N–H and O–H groups in total. The maximum Gasteiger partial charge on any atom is 0.171 e. The van der Waals surface area contributed by atoms with Crippen molar-refractivity contribution in [2.24, 2.45) is 0 Å². The average molecular weight is 408 g/mol. The van der Waals surface area contributed by atoms with Gasteiger partial charge < -0.3 is 15.5 Å². The highest BCUT2D eigenvalue weighted by atomic mass is 32.1. The number of anilines is 2. The molecule has 0 aliphatic carbocycles. The highest BCUT2D eigenvalue weighted by Crippen LogP contribution is 2.28. The Balaban J connectivity index is 0.000000290. The van der Waals surface area contributed by atoms with Gasteiger partial charge in [-0.05, 0) is 44.2 Å². The van der Waals surface area contributed by atoms with Crippen molar-refractivity contribution in [1.29, 1.82) is 0 Å². The Labute approximate surface area is 179 Å². The minimum atomic E-state index is 0.518. The third-order valence-corrected chi connectivity index (χ3v) is 5.37. The lowest BCUT2D eigenvalue weighted by molar-refractivity contribution is 0.312. The van der Waals surface area contributed by atoms with Crippen molar-refractivity contribution in [3.8, 4) is 11.3 Å². The molecule has 0 spiro atoms. The summed E-state index contributed by atoms with van der Waals surface area (Å²) >= 11 is 4.08. The zero-order valence-electron chi connectivity index (χ0n) is 17.3. The molecule has 0 bridgehead atoms. The number of piperazine rings is 1. The fourth-order valence-electron chi connectivity index (χ4n) is 3.43. The minimum absolute atomic E-state index is 0.518. The second kappa shape index (κ2) is 9.76. The number of benzene rings is 2. The maximum absolute atomic E-state index is 6.20. The molecule has 0 atom stereocenters. The highest BCUT2D eigenvalue weighted by Gasteiger charge is 2.19. The molecule has 1 fully saturated rings. The standard InChI is InChI=1S/C17H23N5.C6H6S/c1-12-5-4-6-13(2)15(12)14-11-19-17(16(18)20-14)22-9-7-21(3)8-10-22;7-6-4-2-1-3-5-6/h4-6,11H,7-10H2,1-3H3,(H2,18,20);1-5,7H. The van der Waals surface area contributed by atoms with E-state index in [-0.39, 0.29) is 0 Å². The quantitative estimate of drug-likeness (QED) is 0.627. The van der Waals surface area contributed by atoms with E-state index in [2.05, 4.69) is 71.5 Å². The van der Waals surface area contributed by atoms with E-state index in [1.807, 2.05) is 36.5 Å². The van der Waals surface area contributed by atoms with E-state index in [4.69, 9.17) is 5.73 Å². The van der Waals surface area contributed by atoms with Gasteiger partial charge in [0.1, 0.15) is 0 Å². The van der Waals surface area contributed by atoms with Crippen molar-refractivity contribution >= 4 is 24.3 Å². The van der Waals surface area contributed by atoms with Crippen LogP contribution in [0.25, 0.3) is 11.3 Å². The third-order valence-electron chi connectivity index (χ3n) is 5.08. The smallest absolute Gasteiger partial charge is 0.171 e. The van der Waals surface area contributed by atoms with E-state index in [0.717, 1.165) is 48.1 Å². The van der Waals surface area contributed by atoms with Gasteiger partial charge in [-0.25, -0.2) is 9.97 Å². The monoisotopic (exact) mass is 407 g/mol. The topological polar surface area (TPSA) is 58.3 Å². The van der Waals surface area contributed by atoms with Crippen molar-refractivity contribution in [1.82, 2.24) is 14.9 Å². The normalized spacial score (nSPS) is 14.3. The van der Waals surface area contributed by atoms with Crippen molar-refractivity contribution in [3.05, 3.63) is 65.9 Å². The first-order valence-electron chi connectivity index (χ1n) is 9.82. The average Bonchev–Trinajstić information content (AvgIpc) is 2.70. The van der Waals surface area contributed by atoms with Crippen LogP contribution in [0.5, 0.6) is 0 Å². The molecule has 2 heterocycles. The summed E-state index contributed by atoms with van der Waals surface area (Å²) in [5, 5.41) is 0. The first-order valence-corrected chi connectivity index (χ1v) is 10.3. The fraction of sp³-hybridized carbons (Fsp3) is 0.304. The summed E-state index contributed by atoms with van der Waals surface area (Å²) in [5.74, 6) is 1.33. The second-order valence-corrected chi connectivity index (χ2v) is 7.87. The van der Waals surface area contributed by atoms with Crippen LogP contribution in [0.2, 0.25) is 0 Å². The minimum Gasteiger partial charge on any atom is -0.381 e. The molecule has 1 aliphatic rings. The summed E-state index contributed by atoms with van der Waals surface area (Å²) in [4.78, 5) is 14.8. The molecule has 0 amide bonds. The lowest BCUT2D eigenvalue weighted by Crippen LogP contribution is -2.45. The molecule has 1 aromatic heterocycles. The number of nitrogens with zero attached hydrogens (tertiary/aromatic N) is 4. The van der Waals surface area contributed by atoms with Crippen LogP contribution >= 0.6 is 12.6 Å². The number of nitrogen functional groups attached to an aromatic ring is 1. The van der Waals surface area contributed by atoms with Crippen molar-refractivity contribution < 1.29 is 0 Å². The Kier molecular flexibility index (Phi) is 7.12. The number of aromatic nitrogens is 2. The van der Waals surface area contributed by atoms with Crippen LogP contribution < -0.4 is 10.6 Å². The van der Waals surface area contributed by atoms with Gasteiger partial charge in [-0.1, -0.05) is 36.4 Å². The van der Waals surface area contributed by atoms with Gasteiger partial charge in [0.15, 0.2) is 11.6 Å². The Hall–Kier alpha value is -2.57. The Morgan fingerprint density at radius 1 is 0.897 bits per heavy atom.